The molecule has 7 heteroatoms. The minimum absolute atomic E-state index is 0.0799. The molecule has 6 nitrogen and oxygen atoms in total. The Hall–Kier alpha value is -1.76. The normalized spacial score (nSPS) is 11.4. The first kappa shape index (κ1) is 8.82. The topological polar surface area (TPSA) is 88.6 Å². The van der Waals surface area contributed by atoms with Crippen LogP contribution in [0.2, 0.25) is 0 Å². The van der Waals surface area contributed by atoms with Gasteiger partial charge in [0.1, 0.15) is 0 Å². The van der Waals surface area contributed by atoms with Gasteiger partial charge in [0.15, 0.2) is 5.03 Å². The molecule has 0 saturated carbocycles. The van der Waals surface area contributed by atoms with E-state index in [2.05, 4.69) is 20.2 Å². The molecular weight excluding hydrogens is 204 g/mol. The first-order valence-electron chi connectivity index (χ1n) is 3.73. The fourth-order valence-electron chi connectivity index (χ4n) is 0.914. The predicted molar refractivity (Wildman–Crippen MR) is 46.1 cm³/mol. The summed E-state index contributed by atoms with van der Waals surface area (Å²) >= 11 is 0. The summed E-state index contributed by atoms with van der Waals surface area (Å²) in [5, 5.41) is 5.67. The third-order valence-corrected chi connectivity index (χ3v) is 3.00. The van der Waals surface area contributed by atoms with Gasteiger partial charge in [-0.1, -0.05) is 0 Å². The van der Waals surface area contributed by atoms with Crippen molar-refractivity contribution in [1.29, 1.82) is 0 Å². The molecule has 2 aromatic heterocycles. The number of nitrogens with zero attached hydrogens (tertiary/aromatic N) is 3. The molecule has 0 aromatic carbocycles. The van der Waals surface area contributed by atoms with E-state index in [0.29, 0.717) is 0 Å². The number of H-pyrrole nitrogens is 1. The molecule has 1 N–H and O–H groups in total. The number of aromatic amines is 1. The lowest BCUT2D eigenvalue weighted by Gasteiger charge is -1.96. The van der Waals surface area contributed by atoms with Crippen molar-refractivity contribution in [3.05, 3.63) is 30.7 Å². The van der Waals surface area contributed by atoms with Crippen LogP contribution in [-0.4, -0.2) is 28.6 Å². The van der Waals surface area contributed by atoms with Gasteiger partial charge in [-0.3, -0.25) is 5.10 Å². The second-order valence-corrected chi connectivity index (χ2v) is 4.24. The van der Waals surface area contributed by atoms with Crippen LogP contribution in [0.4, 0.5) is 0 Å². The Kier molecular flexibility index (Phi) is 2.01. The molecule has 0 aliphatic heterocycles. The maximum absolute atomic E-state index is 11.7. The van der Waals surface area contributed by atoms with Crippen LogP contribution < -0.4 is 0 Å². The number of hydrogen-bond donors (Lipinski definition) is 1. The number of sulfone groups is 1. The Balaban J connectivity index is 2.55. The van der Waals surface area contributed by atoms with Crippen molar-refractivity contribution in [2.75, 3.05) is 0 Å². The first-order valence-corrected chi connectivity index (χ1v) is 5.21. The fourth-order valence-corrected chi connectivity index (χ4v) is 1.92. The van der Waals surface area contributed by atoms with E-state index in [-0.39, 0.29) is 10.2 Å². The third kappa shape index (κ3) is 1.37. The lowest BCUT2D eigenvalue weighted by atomic mass is 10.7. The smallest absolute Gasteiger partial charge is 0.260 e. The Labute approximate surface area is 80.0 Å². The highest BCUT2D eigenvalue weighted by Gasteiger charge is 2.22. The van der Waals surface area contributed by atoms with Crippen LogP contribution in [0, 0.1) is 0 Å². The van der Waals surface area contributed by atoms with E-state index in [0.717, 1.165) is 0 Å². The molecule has 0 aliphatic rings. The van der Waals surface area contributed by atoms with Gasteiger partial charge in [-0.15, -0.1) is 0 Å². The molecule has 14 heavy (non-hydrogen) atoms. The Morgan fingerprint density at radius 2 is 1.93 bits per heavy atom. The number of hydrogen-bond acceptors (Lipinski definition) is 5. The summed E-state index contributed by atoms with van der Waals surface area (Å²) in [4.78, 5) is 7.31. The van der Waals surface area contributed by atoms with Crippen LogP contribution >= 0.6 is 0 Å². The highest BCUT2D eigenvalue weighted by Crippen LogP contribution is 2.12. The molecule has 0 bridgehead atoms. The van der Waals surface area contributed by atoms with Crippen molar-refractivity contribution >= 4 is 9.84 Å². The lowest BCUT2D eigenvalue weighted by molar-refractivity contribution is 0.582. The van der Waals surface area contributed by atoms with Crippen LogP contribution in [0.1, 0.15) is 0 Å². The highest BCUT2D eigenvalue weighted by atomic mass is 32.2. The summed E-state index contributed by atoms with van der Waals surface area (Å²) in [5.41, 5.74) is 0. The monoisotopic (exact) mass is 210 g/mol. The molecule has 2 heterocycles. The van der Waals surface area contributed by atoms with Crippen LogP contribution in [0.3, 0.4) is 0 Å². The van der Waals surface area contributed by atoms with E-state index in [1.165, 1.54) is 24.7 Å². The zero-order chi connectivity index (χ0) is 10.0. The lowest BCUT2D eigenvalue weighted by Crippen LogP contribution is -2.06. The fraction of sp³-hybridized carbons (Fsp3) is 0. The van der Waals surface area contributed by atoms with Gasteiger partial charge >= 0.3 is 0 Å². The van der Waals surface area contributed by atoms with Gasteiger partial charge in [0.2, 0.25) is 0 Å². The molecule has 0 amide bonds. The summed E-state index contributed by atoms with van der Waals surface area (Å²) < 4.78 is 23.4. The summed E-state index contributed by atoms with van der Waals surface area (Å²) in [6.45, 7) is 0. The molecule has 0 atom stereocenters. The molecule has 0 radical (unpaired) electrons. The van der Waals surface area contributed by atoms with Gasteiger partial charge in [0.05, 0.1) is 0 Å². The highest BCUT2D eigenvalue weighted by molar-refractivity contribution is 7.91. The van der Waals surface area contributed by atoms with Crippen molar-refractivity contribution in [3.8, 4) is 0 Å². The van der Waals surface area contributed by atoms with Crippen molar-refractivity contribution in [2.24, 2.45) is 0 Å². The van der Waals surface area contributed by atoms with E-state index in [9.17, 15) is 8.42 Å². The molecule has 2 rings (SSSR count). The summed E-state index contributed by atoms with van der Waals surface area (Å²) in [7, 11) is -3.66. The van der Waals surface area contributed by atoms with Crippen LogP contribution in [0.15, 0.2) is 40.9 Å². The zero-order valence-corrected chi connectivity index (χ0v) is 7.77. The SMILES string of the molecule is O=S(=O)(c1cc[nH]n1)c1ncccn1. The van der Waals surface area contributed by atoms with Gasteiger partial charge < -0.3 is 0 Å². The molecule has 0 aliphatic carbocycles. The molecule has 0 unspecified atom stereocenters. The van der Waals surface area contributed by atoms with Gasteiger partial charge in [-0.2, -0.15) is 5.10 Å². The van der Waals surface area contributed by atoms with Gasteiger partial charge in [0, 0.05) is 18.6 Å². The van der Waals surface area contributed by atoms with E-state index >= 15 is 0 Å². The third-order valence-electron chi connectivity index (χ3n) is 1.53. The largest absolute Gasteiger partial charge is 0.284 e. The predicted octanol–water partition coefficient (Wildman–Crippen LogP) is 0.0325. The van der Waals surface area contributed by atoms with Gasteiger partial charge in [-0.25, -0.2) is 18.4 Å². The Bertz CT molecular complexity index is 506. The molecule has 0 fully saturated rings. The van der Waals surface area contributed by atoms with Crippen molar-refractivity contribution in [3.63, 3.8) is 0 Å². The van der Waals surface area contributed by atoms with E-state index in [1.54, 1.807) is 6.07 Å². The van der Waals surface area contributed by atoms with E-state index in [1.807, 2.05) is 0 Å². The first-order chi connectivity index (χ1) is 6.71. The molecule has 2 aromatic rings. The molecule has 72 valence electrons. The average molecular weight is 210 g/mol. The second kappa shape index (κ2) is 3.18. The van der Waals surface area contributed by atoms with Crippen molar-refractivity contribution < 1.29 is 8.42 Å². The van der Waals surface area contributed by atoms with E-state index < -0.39 is 9.84 Å². The van der Waals surface area contributed by atoms with Crippen LogP contribution in [0.25, 0.3) is 0 Å². The quantitative estimate of drug-likeness (QED) is 0.706. The number of nitrogens with one attached hydrogen (secondary N) is 1. The van der Waals surface area contributed by atoms with Crippen LogP contribution in [0.5, 0.6) is 0 Å². The maximum atomic E-state index is 11.7. The van der Waals surface area contributed by atoms with Gasteiger partial charge in [0.25, 0.3) is 15.0 Å². The standard InChI is InChI=1S/C7H6N4O2S/c12-14(13,6-2-5-10-11-6)7-8-3-1-4-9-7/h1-5H,(H,10,11). The zero-order valence-electron chi connectivity index (χ0n) is 6.95. The second-order valence-electron chi connectivity index (χ2n) is 2.45. The minimum Gasteiger partial charge on any atom is -0.284 e. The molecule has 0 saturated heterocycles. The van der Waals surface area contributed by atoms with Gasteiger partial charge in [-0.05, 0) is 12.1 Å². The van der Waals surface area contributed by atoms with Crippen molar-refractivity contribution in [1.82, 2.24) is 20.2 Å². The Morgan fingerprint density at radius 3 is 2.50 bits per heavy atom. The number of rotatable bonds is 2. The minimum atomic E-state index is -3.66. The summed E-state index contributed by atoms with van der Waals surface area (Å²) in [5.74, 6) is 0. The molecular formula is C7H6N4O2S. The number of aromatic nitrogens is 4. The summed E-state index contributed by atoms with van der Waals surface area (Å²) in [6, 6.07) is 2.90. The van der Waals surface area contributed by atoms with Crippen LogP contribution in [-0.2, 0) is 9.84 Å². The van der Waals surface area contributed by atoms with E-state index in [4.69, 9.17) is 0 Å². The molecule has 0 spiro atoms. The maximum Gasteiger partial charge on any atom is 0.260 e. The average Bonchev–Trinajstić information content (AvgIpc) is 2.72. The Morgan fingerprint density at radius 1 is 1.21 bits per heavy atom. The summed E-state index contributed by atoms with van der Waals surface area (Å²) in [6.07, 6.45) is 4.16. The van der Waals surface area contributed by atoms with Crippen molar-refractivity contribution in [2.45, 2.75) is 10.2 Å².